The SMILES string of the molecule is CCCc1nnc2sc(-c3c(Cl)cnn3C)nn12. The molecule has 3 aromatic heterocycles. The first-order chi connectivity index (χ1) is 8.70. The number of hydrogen-bond donors (Lipinski definition) is 0. The standard InChI is InChI=1S/C10H11ClN6S/c1-3-4-7-13-14-10-17(7)15-9(18-10)8-6(11)5-12-16(8)2/h5H,3-4H2,1-2H3. The predicted molar refractivity (Wildman–Crippen MR) is 69.9 cm³/mol. The van der Waals surface area contributed by atoms with E-state index in [2.05, 4.69) is 27.3 Å². The van der Waals surface area contributed by atoms with Crippen LogP contribution in [0.3, 0.4) is 0 Å². The van der Waals surface area contributed by atoms with Gasteiger partial charge in [0.25, 0.3) is 0 Å². The van der Waals surface area contributed by atoms with Gasteiger partial charge >= 0.3 is 0 Å². The first-order valence-corrected chi connectivity index (χ1v) is 6.79. The van der Waals surface area contributed by atoms with Gasteiger partial charge in [-0.15, -0.1) is 10.2 Å². The Morgan fingerprint density at radius 3 is 2.89 bits per heavy atom. The molecule has 0 saturated carbocycles. The van der Waals surface area contributed by atoms with E-state index in [1.54, 1.807) is 15.4 Å². The van der Waals surface area contributed by atoms with Crippen molar-refractivity contribution in [2.75, 3.05) is 0 Å². The van der Waals surface area contributed by atoms with E-state index < -0.39 is 0 Å². The summed E-state index contributed by atoms with van der Waals surface area (Å²) in [6.45, 7) is 2.10. The van der Waals surface area contributed by atoms with Gasteiger partial charge in [0.1, 0.15) is 5.69 Å². The summed E-state index contributed by atoms with van der Waals surface area (Å²) < 4.78 is 3.50. The monoisotopic (exact) mass is 282 g/mol. The molecule has 8 heteroatoms. The summed E-state index contributed by atoms with van der Waals surface area (Å²) in [4.78, 5) is 0.783. The minimum Gasteiger partial charge on any atom is -0.264 e. The molecule has 0 N–H and O–H groups in total. The highest BCUT2D eigenvalue weighted by atomic mass is 35.5. The first kappa shape index (κ1) is 11.6. The second kappa shape index (κ2) is 4.33. The molecule has 0 spiro atoms. The molecule has 0 unspecified atom stereocenters. The molecule has 0 amide bonds. The smallest absolute Gasteiger partial charge is 0.235 e. The van der Waals surface area contributed by atoms with Gasteiger partial charge in [-0.1, -0.05) is 29.9 Å². The van der Waals surface area contributed by atoms with E-state index in [9.17, 15) is 0 Å². The molecule has 3 aromatic rings. The summed E-state index contributed by atoms with van der Waals surface area (Å²) in [5.41, 5.74) is 0.814. The highest BCUT2D eigenvalue weighted by Gasteiger charge is 2.17. The molecule has 0 aromatic carbocycles. The normalized spacial score (nSPS) is 11.5. The number of halogens is 1. The Balaban J connectivity index is 2.14. The number of rotatable bonds is 3. The maximum absolute atomic E-state index is 6.11. The largest absolute Gasteiger partial charge is 0.264 e. The molecule has 6 nitrogen and oxygen atoms in total. The quantitative estimate of drug-likeness (QED) is 0.739. The highest BCUT2D eigenvalue weighted by Crippen LogP contribution is 2.30. The van der Waals surface area contributed by atoms with E-state index in [1.165, 1.54) is 11.3 Å². The fourth-order valence-electron chi connectivity index (χ4n) is 1.78. The zero-order valence-corrected chi connectivity index (χ0v) is 11.5. The Morgan fingerprint density at radius 2 is 2.22 bits per heavy atom. The maximum atomic E-state index is 6.11. The zero-order chi connectivity index (χ0) is 12.7. The van der Waals surface area contributed by atoms with Crippen molar-refractivity contribution in [3.63, 3.8) is 0 Å². The molecule has 0 bridgehead atoms. The van der Waals surface area contributed by atoms with Crippen molar-refractivity contribution < 1.29 is 0 Å². The van der Waals surface area contributed by atoms with E-state index >= 15 is 0 Å². The summed E-state index contributed by atoms with van der Waals surface area (Å²) in [5, 5.41) is 18.3. The third-order valence-corrected chi connectivity index (χ3v) is 3.81. The van der Waals surface area contributed by atoms with E-state index in [4.69, 9.17) is 11.6 Å². The average molecular weight is 283 g/mol. The lowest BCUT2D eigenvalue weighted by Crippen LogP contribution is -1.97. The average Bonchev–Trinajstić information content (AvgIpc) is 2.97. The van der Waals surface area contributed by atoms with Gasteiger partial charge in [0, 0.05) is 13.5 Å². The van der Waals surface area contributed by atoms with Crippen LogP contribution in [-0.2, 0) is 13.5 Å². The molecule has 3 heterocycles. The molecule has 3 rings (SSSR count). The van der Waals surface area contributed by atoms with Crippen LogP contribution in [0.4, 0.5) is 0 Å². The fraction of sp³-hybridized carbons (Fsp3) is 0.400. The van der Waals surface area contributed by atoms with Crippen LogP contribution < -0.4 is 0 Å². The Kier molecular flexibility index (Phi) is 2.79. The Morgan fingerprint density at radius 1 is 1.39 bits per heavy atom. The van der Waals surface area contributed by atoms with Crippen molar-refractivity contribution in [1.29, 1.82) is 0 Å². The van der Waals surface area contributed by atoms with E-state index in [0.717, 1.165) is 34.3 Å². The summed E-state index contributed by atoms with van der Waals surface area (Å²) in [6.07, 6.45) is 3.50. The van der Waals surface area contributed by atoms with Crippen LogP contribution in [0.2, 0.25) is 5.02 Å². The van der Waals surface area contributed by atoms with Gasteiger partial charge in [-0.3, -0.25) is 4.68 Å². The molecule has 0 saturated heterocycles. The Labute approximate surface area is 112 Å². The van der Waals surface area contributed by atoms with E-state index in [1.807, 2.05) is 7.05 Å². The molecule has 0 aliphatic rings. The van der Waals surface area contributed by atoms with Crippen LogP contribution in [0.25, 0.3) is 15.7 Å². The number of nitrogens with zero attached hydrogens (tertiary/aromatic N) is 6. The lowest BCUT2D eigenvalue weighted by atomic mass is 10.3. The van der Waals surface area contributed by atoms with Gasteiger partial charge in [0.15, 0.2) is 10.8 Å². The van der Waals surface area contributed by atoms with Crippen molar-refractivity contribution in [1.82, 2.24) is 29.6 Å². The minimum absolute atomic E-state index is 0.597. The Bertz CT molecular complexity index is 677. The summed E-state index contributed by atoms with van der Waals surface area (Å²) >= 11 is 7.58. The van der Waals surface area contributed by atoms with Gasteiger partial charge in [-0.2, -0.15) is 14.7 Å². The minimum atomic E-state index is 0.597. The van der Waals surface area contributed by atoms with Crippen molar-refractivity contribution in [2.24, 2.45) is 7.05 Å². The van der Waals surface area contributed by atoms with Gasteiger partial charge in [0.2, 0.25) is 4.96 Å². The lowest BCUT2D eigenvalue weighted by molar-refractivity contribution is 0.760. The van der Waals surface area contributed by atoms with Crippen molar-refractivity contribution >= 4 is 27.9 Å². The zero-order valence-electron chi connectivity index (χ0n) is 9.96. The number of fused-ring (bicyclic) bond motifs is 1. The molecular weight excluding hydrogens is 272 g/mol. The number of aryl methyl sites for hydroxylation is 2. The highest BCUT2D eigenvalue weighted by molar-refractivity contribution is 7.19. The molecule has 0 radical (unpaired) electrons. The third-order valence-electron chi connectivity index (χ3n) is 2.63. The fourth-order valence-corrected chi connectivity index (χ4v) is 3.04. The van der Waals surface area contributed by atoms with Gasteiger partial charge in [-0.25, -0.2) is 0 Å². The van der Waals surface area contributed by atoms with E-state index in [-0.39, 0.29) is 0 Å². The third kappa shape index (κ3) is 1.70. The van der Waals surface area contributed by atoms with Crippen LogP contribution >= 0.6 is 22.9 Å². The summed E-state index contributed by atoms with van der Waals surface area (Å²) in [6, 6.07) is 0. The van der Waals surface area contributed by atoms with Crippen molar-refractivity contribution in [3.05, 3.63) is 17.0 Å². The predicted octanol–water partition coefficient (Wildman–Crippen LogP) is 2.19. The first-order valence-electron chi connectivity index (χ1n) is 5.59. The van der Waals surface area contributed by atoms with Crippen LogP contribution in [0, 0.1) is 0 Å². The number of aromatic nitrogens is 6. The van der Waals surface area contributed by atoms with Crippen LogP contribution in [0.5, 0.6) is 0 Å². The van der Waals surface area contributed by atoms with Crippen molar-refractivity contribution in [3.8, 4) is 10.7 Å². The summed E-state index contributed by atoms with van der Waals surface area (Å²) in [7, 11) is 1.84. The Hall–Kier alpha value is -1.47. The molecule has 94 valence electrons. The van der Waals surface area contributed by atoms with Gasteiger partial charge < -0.3 is 0 Å². The second-order valence-electron chi connectivity index (χ2n) is 3.93. The summed E-state index contributed by atoms with van der Waals surface area (Å²) in [5.74, 6) is 0.883. The maximum Gasteiger partial charge on any atom is 0.235 e. The molecule has 0 aliphatic carbocycles. The van der Waals surface area contributed by atoms with Crippen LogP contribution in [-0.4, -0.2) is 29.6 Å². The molecule has 0 aliphatic heterocycles. The molecule has 0 atom stereocenters. The second-order valence-corrected chi connectivity index (χ2v) is 5.30. The van der Waals surface area contributed by atoms with Gasteiger partial charge in [0.05, 0.1) is 11.2 Å². The molecule has 18 heavy (non-hydrogen) atoms. The van der Waals surface area contributed by atoms with Crippen LogP contribution in [0.15, 0.2) is 6.20 Å². The molecular formula is C10H11ClN6S. The number of hydrogen-bond acceptors (Lipinski definition) is 5. The van der Waals surface area contributed by atoms with Crippen LogP contribution in [0.1, 0.15) is 19.2 Å². The topological polar surface area (TPSA) is 60.9 Å². The lowest BCUT2D eigenvalue weighted by Gasteiger charge is -1.96. The molecule has 0 fully saturated rings. The van der Waals surface area contributed by atoms with Crippen molar-refractivity contribution in [2.45, 2.75) is 19.8 Å². The van der Waals surface area contributed by atoms with E-state index in [0.29, 0.717) is 5.02 Å². The van der Waals surface area contributed by atoms with Gasteiger partial charge in [-0.05, 0) is 6.42 Å².